The van der Waals surface area contributed by atoms with Gasteiger partial charge in [0.1, 0.15) is 17.9 Å². The Balaban J connectivity index is 1.27. The molecular weight excluding hydrogens is 681 g/mol. The summed E-state index contributed by atoms with van der Waals surface area (Å²) in [5, 5.41) is 16.5. The maximum absolute atomic E-state index is 14.5. The summed E-state index contributed by atoms with van der Waals surface area (Å²) in [6.07, 6.45) is 6.95. The molecule has 3 aromatic heterocycles. The zero-order valence-electron chi connectivity index (χ0n) is 25.3. The Morgan fingerprint density at radius 1 is 1.06 bits per heavy atom. The fourth-order valence-corrected chi connectivity index (χ4v) is 8.59. The number of halogens is 2. The van der Waals surface area contributed by atoms with E-state index in [1.807, 2.05) is 24.3 Å². The maximum Gasteiger partial charge on any atom is 0.261 e. The molecule has 0 bridgehead atoms. The number of aromatic amines is 1. The molecule has 18 heteroatoms. The predicted octanol–water partition coefficient (Wildman–Crippen LogP) is 3.27. The molecule has 1 fully saturated rings. The highest BCUT2D eigenvalue weighted by molar-refractivity contribution is 7.89. The van der Waals surface area contributed by atoms with Crippen LogP contribution in [0.25, 0.3) is 11.1 Å². The van der Waals surface area contributed by atoms with Crippen molar-refractivity contribution in [2.24, 2.45) is 0 Å². The van der Waals surface area contributed by atoms with Crippen molar-refractivity contribution in [2.75, 3.05) is 11.4 Å². The lowest BCUT2D eigenvalue weighted by Gasteiger charge is -2.29. The van der Waals surface area contributed by atoms with Gasteiger partial charge in [0.05, 0.1) is 18.4 Å². The van der Waals surface area contributed by atoms with Gasteiger partial charge in [0.15, 0.2) is 10.9 Å². The number of fused-ring (bicyclic) bond motifs is 1. The molecule has 0 radical (unpaired) electrons. The zero-order valence-corrected chi connectivity index (χ0v) is 27.6. The van der Waals surface area contributed by atoms with Crippen molar-refractivity contribution in [3.8, 4) is 11.1 Å². The van der Waals surface area contributed by atoms with Crippen LogP contribution in [-0.2, 0) is 38.1 Å². The van der Waals surface area contributed by atoms with E-state index in [-0.39, 0.29) is 46.4 Å². The highest BCUT2D eigenvalue weighted by atomic mass is 35.5. The van der Waals surface area contributed by atoms with E-state index in [0.29, 0.717) is 18.5 Å². The molecular formula is C30H27Cl2N11O4S. The molecule has 0 unspecified atom stereocenters. The zero-order chi connectivity index (χ0) is 33.6. The Morgan fingerprint density at radius 2 is 1.79 bits per heavy atom. The summed E-state index contributed by atoms with van der Waals surface area (Å²) in [5.41, 5.74) is 1.33. The fourth-order valence-electron chi connectivity index (χ4n) is 6.23. The Labute approximate surface area is 284 Å². The molecule has 15 nitrogen and oxygen atoms in total. The third-order valence-electron chi connectivity index (χ3n) is 8.46. The number of hydrogen-bond acceptors (Lipinski definition) is 10. The molecule has 246 valence electrons. The third kappa shape index (κ3) is 5.59. The van der Waals surface area contributed by atoms with Crippen molar-refractivity contribution >= 4 is 56.7 Å². The van der Waals surface area contributed by atoms with Crippen LogP contribution in [0.1, 0.15) is 31.2 Å². The van der Waals surface area contributed by atoms with Gasteiger partial charge in [0.2, 0.25) is 11.9 Å². The molecule has 0 spiro atoms. The van der Waals surface area contributed by atoms with Gasteiger partial charge in [-0.15, -0.1) is 10.2 Å². The van der Waals surface area contributed by atoms with Gasteiger partial charge in [0, 0.05) is 41.0 Å². The lowest BCUT2D eigenvalue weighted by Crippen LogP contribution is -2.47. The highest BCUT2D eigenvalue weighted by Gasteiger charge is 2.53. The van der Waals surface area contributed by atoms with Crippen LogP contribution in [0.15, 0.2) is 72.4 Å². The minimum absolute atomic E-state index is 0.0262. The molecule has 0 saturated carbocycles. The van der Waals surface area contributed by atoms with Crippen LogP contribution >= 0.6 is 23.2 Å². The van der Waals surface area contributed by atoms with Crippen LogP contribution in [0.2, 0.25) is 10.0 Å². The Hall–Kier alpha value is -4.77. The predicted molar refractivity (Wildman–Crippen MR) is 174 cm³/mol. The van der Waals surface area contributed by atoms with E-state index in [1.165, 1.54) is 28.1 Å². The SMILES string of the molecule is C[C@@]1(Cc2ccc(-c3cncnc3)cc2)C(=O)N(c2cc(Cl)cc(Cl)c2)c2ncc(S(=O)(=O)N3CCC[C@H]3C(=O)NCc3nn[nH]n3)n21. The molecule has 2 atom stereocenters. The van der Waals surface area contributed by atoms with Crippen molar-refractivity contribution in [1.82, 2.24) is 49.8 Å². The summed E-state index contributed by atoms with van der Waals surface area (Å²) < 4.78 is 31.5. The Bertz CT molecular complexity index is 2090. The normalized spacial score (nSPS) is 19.5. The van der Waals surface area contributed by atoms with E-state index < -0.39 is 33.4 Å². The van der Waals surface area contributed by atoms with Crippen molar-refractivity contribution in [1.29, 1.82) is 0 Å². The van der Waals surface area contributed by atoms with Gasteiger partial charge in [-0.05, 0) is 49.1 Å². The molecule has 5 heterocycles. The van der Waals surface area contributed by atoms with Crippen LogP contribution < -0.4 is 10.2 Å². The van der Waals surface area contributed by atoms with Crippen molar-refractivity contribution in [2.45, 2.75) is 49.3 Å². The van der Waals surface area contributed by atoms with E-state index in [9.17, 15) is 18.0 Å². The first-order chi connectivity index (χ1) is 23.1. The number of aromatic nitrogens is 8. The number of nitrogens with zero attached hydrogens (tertiary/aromatic N) is 9. The highest BCUT2D eigenvalue weighted by Crippen LogP contribution is 2.45. The van der Waals surface area contributed by atoms with Crippen LogP contribution in [-0.4, -0.2) is 77.3 Å². The molecule has 0 aliphatic carbocycles. The van der Waals surface area contributed by atoms with Gasteiger partial charge < -0.3 is 5.32 Å². The Morgan fingerprint density at radius 3 is 2.48 bits per heavy atom. The van der Waals surface area contributed by atoms with E-state index in [4.69, 9.17) is 23.2 Å². The fraction of sp³-hybridized carbons (Fsp3) is 0.267. The minimum atomic E-state index is -4.36. The van der Waals surface area contributed by atoms with E-state index in [0.717, 1.165) is 21.0 Å². The number of amides is 2. The third-order valence-corrected chi connectivity index (χ3v) is 10.8. The monoisotopic (exact) mass is 707 g/mol. The number of benzene rings is 2. The van der Waals surface area contributed by atoms with E-state index in [2.05, 4.69) is 40.9 Å². The standard InChI is InChI=1S/C30H27Cl2N11O4S/c1-30(12-18-4-6-19(7-5-18)20-13-33-17-34-14-20)28(45)42(23-10-21(31)9-22(32)11-23)29-36-16-26(43(29)30)48(46,47)41-8-2-3-24(41)27(44)35-15-25-37-39-40-38-25/h4-7,9-11,13-14,16-17,24H,2-3,8,12,15H2,1H3,(H,35,44)(H,37,38,39,40)/t24-,30+/m0/s1. The topological polar surface area (TPSA) is 185 Å². The van der Waals surface area contributed by atoms with Crippen molar-refractivity contribution in [3.05, 3.63) is 88.8 Å². The van der Waals surface area contributed by atoms with Crippen molar-refractivity contribution in [3.63, 3.8) is 0 Å². The summed E-state index contributed by atoms with van der Waals surface area (Å²) >= 11 is 12.7. The lowest BCUT2D eigenvalue weighted by molar-refractivity contribution is -0.125. The summed E-state index contributed by atoms with van der Waals surface area (Å²) in [7, 11) is -4.36. The number of carbonyl (C=O) groups excluding carboxylic acids is 2. The number of carbonyl (C=O) groups is 2. The number of hydrogen-bond donors (Lipinski definition) is 2. The van der Waals surface area contributed by atoms with E-state index >= 15 is 0 Å². The molecule has 1 saturated heterocycles. The molecule has 7 rings (SSSR count). The van der Waals surface area contributed by atoms with Crippen LogP contribution in [0.3, 0.4) is 0 Å². The lowest BCUT2D eigenvalue weighted by atomic mass is 9.91. The maximum atomic E-state index is 14.5. The van der Waals surface area contributed by atoms with Gasteiger partial charge in [-0.3, -0.25) is 14.2 Å². The first-order valence-electron chi connectivity index (χ1n) is 14.8. The smallest absolute Gasteiger partial charge is 0.261 e. The van der Waals surface area contributed by atoms with Gasteiger partial charge >= 0.3 is 0 Å². The average molecular weight is 709 g/mol. The summed E-state index contributed by atoms with van der Waals surface area (Å²) in [5.74, 6) is -0.600. The quantitative estimate of drug-likeness (QED) is 0.230. The van der Waals surface area contributed by atoms with Crippen LogP contribution in [0.4, 0.5) is 11.6 Å². The summed E-state index contributed by atoms with van der Waals surface area (Å²) in [4.78, 5) is 41.7. The second kappa shape index (κ2) is 12.4. The number of sulfonamides is 1. The molecule has 2 amide bonds. The van der Waals surface area contributed by atoms with Crippen molar-refractivity contribution < 1.29 is 18.0 Å². The second-order valence-corrected chi connectivity index (χ2v) is 14.3. The molecule has 2 aliphatic rings. The largest absolute Gasteiger partial charge is 0.347 e. The van der Waals surface area contributed by atoms with Gasteiger partial charge in [-0.2, -0.15) is 9.52 Å². The number of nitrogens with one attached hydrogen (secondary N) is 2. The first-order valence-corrected chi connectivity index (χ1v) is 17.0. The van der Waals surface area contributed by atoms with Crippen LogP contribution in [0.5, 0.6) is 0 Å². The van der Waals surface area contributed by atoms with Gasteiger partial charge in [-0.1, -0.05) is 52.7 Å². The number of imidazole rings is 1. The number of tetrazole rings is 1. The number of anilines is 2. The first kappa shape index (κ1) is 31.8. The average Bonchev–Trinajstić information content (AvgIpc) is 3.88. The second-order valence-electron chi connectivity index (χ2n) is 11.6. The molecule has 2 N–H and O–H groups in total. The van der Waals surface area contributed by atoms with Gasteiger partial charge in [0.25, 0.3) is 15.9 Å². The summed E-state index contributed by atoms with van der Waals surface area (Å²) in [6, 6.07) is 11.2. The number of rotatable bonds is 9. The molecule has 2 aromatic carbocycles. The van der Waals surface area contributed by atoms with Gasteiger partial charge in [-0.25, -0.2) is 28.3 Å². The number of H-pyrrole nitrogens is 1. The molecule has 5 aromatic rings. The molecule has 48 heavy (non-hydrogen) atoms. The molecule has 2 aliphatic heterocycles. The Kier molecular flexibility index (Phi) is 8.19. The van der Waals surface area contributed by atoms with E-state index in [1.54, 1.807) is 31.5 Å². The minimum Gasteiger partial charge on any atom is -0.347 e. The van der Waals surface area contributed by atoms with Crippen LogP contribution in [0, 0.1) is 0 Å². The summed E-state index contributed by atoms with van der Waals surface area (Å²) in [6.45, 7) is 1.75.